The lowest BCUT2D eigenvalue weighted by molar-refractivity contribution is -0.114. The second-order valence-electron chi connectivity index (χ2n) is 5.61. The number of carbonyl (C=O) groups is 1. The van der Waals surface area contributed by atoms with Gasteiger partial charge in [-0.1, -0.05) is 72.8 Å². The van der Waals surface area contributed by atoms with Crippen molar-refractivity contribution in [3.8, 4) is 0 Å². The molecule has 1 amide bonds. The summed E-state index contributed by atoms with van der Waals surface area (Å²) in [5.41, 5.74) is 3.04. The number of carbonyl (C=O) groups excluding carboxylic acids is 1. The van der Waals surface area contributed by atoms with Crippen LogP contribution < -0.4 is 4.90 Å². The summed E-state index contributed by atoms with van der Waals surface area (Å²) in [6, 6.07) is 27.9. The zero-order chi connectivity index (χ0) is 17.5. The van der Waals surface area contributed by atoms with E-state index in [-0.39, 0.29) is 5.91 Å². The van der Waals surface area contributed by atoms with E-state index in [0.29, 0.717) is 6.54 Å². The molecule has 3 aromatic carbocycles. The highest BCUT2D eigenvalue weighted by Gasteiger charge is 2.16. The van der Waals surface area contributed by atoms with Crippen molar-refractivity contribution in [2.75, 3.05) is 4.90 Å². The smallest absolute Gasteiger partial charge is 0.251 e. The molecule has 0 unspecified atom stereocenters. The molecular formula is C22H18INO. The predicted molar refractivity (Wildman–Crippen MR) is 112 cm³/mol. The number of anilines is 1. The molecule has 2 nitrogen and oxygen atoms in total. The Labute approximate surface area is 161 Å². The van der Waals surface area contributed by atoms with Gasteiger partial charge in [-0.3, -0.25) is 4.79 Å². The molecule has 3 aromatic rings. The fraction of sp³-hybridized carbons (Fsp3) is 0.0455. The number of hydrogen-bond acceptors (Lipinski definition) is 1. The Morgan fingerprint density at radius 1 is 0.840 bits per heavy atom. The van der Waals surface area contributed by atoms with Gasteiger partial charge in [-0.25, -0.2) is 0 Å². The highest BCUT2D eigenvalue weighted by Crippen LogP contribution is 2.24. The molecule has 124 valence electrons. The van der Waals surface area contributed by atoms with Gasteiger partial charge in [0.25, 0.3) is 5.91 Å². The summed E-state index contributed by atoms with van der Waals surface area (Å²) in [5.74, 6) is -0.0307. The van der Waals surface area contributed by atoms with Crippen molar-refractivity contribution in [3.63, 3.8) is 0 Å². The van der Waals surface area contributed by atoms with Gasteiger partial charge in [0.05, 0.1) is 12.2 Å². The molecule has 3 rings (SSSR count). The molecule has 0 atom stereocenters. The lowest BCUT2D eigenvalue weighted by Crippen LogP contribution is -2.29. The maximum Gasteiger partial charge on any atom is 0.251 e. The SMILES string of the molecule is O=C(/C=C/c1ccccc1)N(Cc1ccccc1)c1ccccc1I. The molecule has 0 N–H and O–H groups in total. The maximum absolute atomic E-state index is 12.9. The zero-order valence-electron chi connectivity index (χ0n) is 13.7. The van der Waals surface area contributed by atoms with Crippen LogP contribution in [0.15, 0.2) is 91.0 Å². The molecule has 0 saturated carbocycles. The first-order chi connectivity index (χ1) is 12.2. The number of amides is 1. The normalized spacial score (nSPS) is 10.8. The minimum Gasteiger partial charge on any atom is -0.303 e. The van der Waals surface area contributed by atoms with Crippen LogP contribution in [-0.2, 0) is 11.3 Å². The number of rotatable bonds is 5. The van der Waals surface area contributed by atoms with Gasteiger partial charge in [0, 0.05) is 9.65 Å². The average Bonchev–Trinajstić information content (AvgIpc) is 2.66. The minimum absolute atomic E-state index is 0.0307. The summed E-state index contributed by atoms with van der Waals surface area (Å²) in [6.45, 7) is 0.540. The van der Waals surface area contributed by atoms with E-state index in [4.69, 9.17) is 0 Å². The van der Waals surface area contributed by atoms with Crippen molar-refractivity contribution >= 4 is 40.3 Å². The molecule has 0 aliphatic rings. The van der Waals surface area contributed by atoms with Crippen LogP contribution in [0.25, 0.3) is 6.08 Å². The van der Waals surface area contributed by atoms with E-state index < -0.39 is 0 Å². The fourth-order valence-corrected chi connectivity index (χ4v) is 3.22. The van der Waals surface area contributed by atoms with Crippen LogP contribution in [0.4, 0.5) is 5.69 Å². The van der Waals surface area contributed by atoms with Crippen LogP contribution in [0, 0.1) is 3.57 Å². The van der Waals surface area contributed by atoms with Crippen LogP contribution in [0.1, 0.15) is 11.1 Å². The van der Waals surface area contributed by atoms with Crippen molar-refractivity contribution in [2.24, 2.45) is 0 Å². The Kier molecular flexibility index (Phi) is 6.01. The lowest BCUT2D eigenvalue weighted by Gasteiger charge is -2.23. The first-order valence-corrected chi connectivity index (χ1v) is 9.15. The summed E-state index contributed by atoms with van der Waals surface area (Å²) in [4.78, 5) is 14.7. The Balaban J connectivity index is 1.89. The van der Waals surface area contributed by atoms with Crippen LogP contribution in [0.3, 0.4) is 0 Å². The molecule has 3 heteroatoms. The van der Waals surface area contributed by atoms with Crippen LogP contribution >= 0.6 is 22.6 Å². The fourth-order valence-electron chi connectivity index (χ4n) is 2.54. The van der Waals surface area contributed by atoms with E-state index in [1.807, 2.05) is 95.9 Å². The Hall–Kier alpha value is -2.40. The highest BCUT2D eigenvalue weighted by molar-refractivity contribution is 14.1. The summed E-state index contributed by atoms with van der Waals surface area (Å²) in [6.07, 6.45) is 3.50. The summed E-state index contributed by atoms with van der Waals surface area (Å²) < 4.78 is 1.05. The van der Waals surface area contributed by atoms with Gasteiger partial charge in [-0.15, -0.1) is 0 Å². The van der Waals surface area contributed by atoms with Gasteiger partial charge in [0.1, 0.15) is 0 Å². The quantitative estimate of drug-likeness (QED) is 0.378. The van der Waals surface area contributed by atoms with Gasteiger partial charge in [-0.2, -0.15) is 0 Å². The standard InChI is InChI=1S/C22H18INO/c23-20-13-7-8-14-21(20)24(17-19-11-5-2-6-12-19)22(25)16-15-18-9-3-1-4-10-18/h1-16H,17H2/b16-15+. The number of halogens is 1. The number of hydrogen-bond donors (Lipinski definition) is 0. The minimum atomic E-state index is -0.0307. The lowest BCUT2D eigenvalue weighted by atomic mass is 10.1. The van der Waals surface area contributed by atoms with E-state index in [1.54, 1.807) is 6.08 Å². The van der Waals surface area contributed by atoms with Gasteiger partial charge in [0.15, 0.2) is 0 Å². The predicted octanol–water partition coefficient (Wildman–Crippen LogP) is 5.54. The van der Waals surface area contributed by atoms with E-state index in [2.05, 4.69) is 22.6 Å². The number of nitrogens with zero attached hydrogens (tertiary/aromatic N) is 1. The molecule has 25 heavy (non-hydrogen) atoms. The average molecular weight is 439 g/mol. The van der Waals surface area contributed by atoms with Crippen molar-refractivity contribution in [1.82, 2.24) is 0 Å². The third-order valence-corrected chi connectivity index (χ3v) is 4.72. The molecule has 0 heterocycles. The number of para-hydroxylation sites is 1. The van der Waals surface area contributed by atoms with Gasteiger partial charge in [0.2, 0.25) is 0 Å². The van der Waals surface area contributed by atoms with Gasteiger partial charge in [-0.05, 0) is 51.9 Å². The van der Waals surface area contributed by atoms with Gasteiger partial charge >= 0.3 is 0 Å². The first-order valence-electron chi connectivity index (χ1n) is 8.07. The molecule has 0 bridgehead atoms. The molecule has 0 aliphatic heterocycles. The monoisotopic (exact) mass is 439 g/mol. The van der Waals surface area contributed by atoms with Gasteiger partial charge < -0.3 is 4.90 Å². The molecule has 0 aromatic heterocycles. The summed E-state index contributed by atoms with van der Waals surface area (Å²) in [5, 5.41) is 0. The molecule has 0 saturated heterocycles. The summed E-state index contributed by atoms with van der Waals surface area (Å²) >= 11 is 2.27. The Morgan fingerprint density at radius 2 is 1.44 bits per heavy atom. The Bertz CT molecular complexity index is 859. The van der Waals surface area contributed by atoms with Crippen molar-refractivity contribution in [1.29, 1.82) is 0 Å². The number of benzene rings is 3. The van der Waals surface area contributed by atoms with Crippen molar-refractivity contribution in [2.45, 2.75) is 6.54 Å². The van der Waals surface area contributed by atoms with Crippen molar-refractivity contribution in [3.05, 3.63) is 106 Å². The molecule has 0 radical (unpaired) electrons. The molecule has 0 fully saturated rings. The first kappa shape index (κ1) is 17.4. The maximum atomic E-state index is 12.9. The van der Waals surface area contributed by atoms with Crippen molar-refractivity contribution < 1.29 is 4.79 Å². The van der Waals surface area contributed by atoms with E-state index in [0.717, 1.165) is 20.4 Å². The summed E-state index contributed by atoms with van der Waals surface area (Å²) in [7, 11) is 0. The second-order valence-corrected chi connectivity index (χ2v) is 6.77. The zero-order valence-corrected chi connectivity index (χ0v) is 15.8. The topological polar surface area (TPSA) is 20.3 Å². The van der Waals surface area contributed by atoms with Crippen LogP contribution in [-0.4, -0.2) is 5.91 Å². The van der Waals surface area contributed by atoms with E-state index in [1.165, 1.54) is 0 Å². The molecule has 0 aliphatic carbocycles. The van der Waals surface area contributed by atoms with Crippen LogP contribution in [0.5, 0.6) is 0 Å². The molecule has 0 spiro atoms. The Morgan fingerprint density at radius 3 is 2.12 bits per heavy atom. The van der Waals surface area contributed by atoms with E-state index in [9.17, 15) is 4.79 Å². The second kappa shape index (κ2) is 8.62. The third-order valence-electron chi connectivity index (χ3n) is 3.81. The van der Waals surface area contributed by atoms with Crippen LogP contribution in [0.2, 0.25) is 0 Å². The highest BCUT2D eigenvalue weighted by atomic mass is 127. The third kappa shape index (κ3) is 4.79. The van der Waals surface area contributed by atoms with E-state index >= 15 is 0 Å². The largest absolute Gasteiger partial charge is 0.303 e. The molecular weight excluding hydrogens is 421 g/mol.